The second-order valence-electron chi connectivity index (χ2n) is 5.95. The molecule has 0 aliphatic carbocycles. The van der Waals surface area contributed by atoms with Crippen molar-refractivity contribution in [1.29, 1.82) is 0 Å². The Labute approximate surface area is 163 Å². The van der Waals surface area contributed by atoms with E-state index >= 15 is 0 Å². The lowest BCUT2D eigenvalue weighted by Crippen LogP contribution is -2.43. The van der Waals surface area contributed by atoms with Crippen molar-refractivity contribution in [3.8, 4) is 0 Å². The molecule has 1 aromatic heterocycles. The van der Waals surface area contributed by atoms with Crippen molar-refractivity contribution in [3.05, 3.63) is 23.7 Å². The van der Waals surface area contributed by atoms with Gasteiger partial charge in [-0.3, -0.25) is 9.89 Å². The molecule has 0 radical (unpaired) electrons. The Kier molecular flexibility index (Phi) is 9.04. The van der Waals surface area contributed by atoms with Crippen LogP contribution in [0.2, 0.25) is 0 Å². The van der Waals surface area contributed by atoms with E-state index in [-0.39, 0.29) is 36.6 Å². The SMILES string of the molecule is CN=C(NCCC(F)(F)F)NCC(c1ccc(C)o1)N1CCCC1.I. The van der Waals surface area contributed by atoms with Crippen molar-refractivity contribution in [1.82, 2.24) is 15.5 Å². The summed E-state index contributed by atoms with van der Waals surface area (Å²) in [4.78, 5) is 6.31. The lowest BCUT2D eigenvalue weighted by atomic mass is 10.2. The van der Waals surface area contributed by atoms with Crippen LogP contribution in [-0.2, 0) is 0 Å². The summed E-state index contributed by atoms with van der Waals surface area (Å²) in [7, 11) is 1.55. The molecule has 2 heterocycles. The smallest absolute Gasteiger partial charge is 0.390 e. The van der Waals surface area contributed by atoms with Gasteiger partial charge in [-0.1, -0.05) is 0 Å². The standard InChI is InChI=1S/C16H25F3N4O.HI/c1-12-5-6-14(24-12)13(23-9-3-4-10-23)11-22-15(20-2)21-8-7-16(17,18)19;/h5-6,13H,3-4,7-11H2,1-2H3,(H2,20,21,22);1H. The number of hydrogen-bond acceptors (Lipinski definition) is 3. The predicted molar refractivity (Wildman–Crippen MR) is 102 cm³/mol. The number of alkyl halides is 3. The molecule has 0 bridgehead atoms. The fourth-order valence-corrected chi connectivity index (χ4v) is 2.83. The lowest BCUT2D eigenvalue weighted by molar-refractivity contribution is -0.132. The third-order valence-electron chi connectivity index (χ3n) is 4.06. The van der Waals surface area contributed by atoms with Gasteiger partial charge in [0.15, 0.2) is 5.96 Å². The quantitative estimate of drug-likeness (QED) is 0.377. The molecular formula is C16H26F3IN4O. The number of hydrogen-bond donors (Lipinski definition) is 2. The first-order valence-electron chi connectivity index (χ1n) is 8.20. The van der Waals surface area contributed by atoms with E-state index in [0.717, 1.165) is 37.5 Å². The van der Waals surface area contributed by atoms with E-state index in [9.17, 15) is 13.2 Å². The Bertz CT molecular complexity index is 542. The van der Waals surface area contributed by atoms with Crippen LogP contribution < -0.4 is 10.6 Å². The summed E-state index contributed by atoms with van der Waals surface area (Å²) >= 11 is 0. The molecule has 5 nitrogen and oxygen atoms in total. The molecular weight excluding hydrogens is 448 g/mol. The normalized spacial score (nSPS) is 17.2. The summed E-state index contributed by atoms with van der Waals surface area (Å²) in [5, 5.41) is 5.81. The number of guanidine groups is 1. The van der Waals surface area contributed by atoms with E-state index in [0.29, 0.717) is 12.5 Å². The molecule has 0 saturated carbocycles. The minimum absolute atomic E-state index is 0. The zero-order chi connectivity index (χ0) is 17.6. The molecule has 1 aromatic rings. The number of aryl methyl sites for hydroxylation is 1. The second-order valence-corrected chi connectivity index (χ2v) is 5.95. The van der Waals surface area contributed by atoms with Crippen LogP contribution in [0.25, 0.3) is 0 Å². The van der Waals surface area contributed by atoms with Gasteiger partial charge in [-0.2, -0.15) is 13.2 Å². The molecule has 144 valence electrons. The topological polar surface area (TPSA) is 52.8 Å². The molecule has 0 aromatic carbocycles. The van der Waals surface area contributed by atoms with Crippen molar-refractivity contribution in [3.63, 3.8) is 0 Å². The van der Waals surface area contributed by atoms with Crippen LogP contribution in [0.4, 0.5) is 13.2 Å². The maximum atomic E-state index is 12.2. The zero-order valence-corrected chi connectivity index (χ0v) is 16.9. The van der Waals surface area contributed by atoms with E-state index in [1.165, 1.54) is 0 Å². The average molecular weight is 474 g/mol. The van der Waals surface area contributed by atoms with Gasteiger partial charge >= 0.3 is 6.18 Å². The second kappa shape index (κ2) is 10.2. The highest BCUT2D eigenvalue weighted by Gasteiger charge is 2.27. The first-order valence-corrected chi connectivity index (χ1v) is 8.20. The molecule has 1 aliphatic rings. The summed E-state index contributed by atoms with van der Waals surface area (Å²) in [6.45, 7) is 4.21. The Morgan fingerprint density at radius 3 is 2.48 bits per heavy atom. The summed E-state index contributed by atoms with van der Waals surface area (Å²) in [6, 6.07) is 3.93. The summed E-state index contributed by atoms with van der Waals surface area (Å²) in [5.41, 5.74) is 0. The molecule has 9 heteroatoms. The fourth-order valence-electron chi connectivity index (χ4n) is 2.83. The van der Waals surface area contributed by atoms with Gasteiger partial charge in [0.1, 0.15) is 11.5 Å². The number of aliphatic imine (C=N–C) groups is 1. The van der Waals surface area contributed by atoms with Crippen LogP contribution in [0.5, 0.6) is 0 Å². The van der Waals surface area contributed by atoms with Gasteiger partial charge in [0.25, 0.3) is 0 Å². The van der Waals surface area contributed by atoms with Gasteiger partial charge in [0.2, 0.25) is 0 Å². The van der Waals surface area contributed by atoms with Crippen molar-refractivity contribution in [2.75, 3.05) is 33.2 Å². The molecule has 1 aliphatic heterocycles. The van der Waals surface area contributed by atoms with Crippen LogP contribution in [0.15, 0.2) is 21.5 Å². The molecule has 1 saturated heterocycles. The minimum Gasteiger partial charge on any atom is -0.465 e. The number of halogens is 4. The highest BCUT2D eigenvalue weighted by molar-refractivity contribution is 14.0. The highest BCUT2D eigenvalue weighted by atomic mass is 127. The highest BCUT2D eigenvalue weighted by Crippen LogP contribution is 2.26. The van der Waals surface area contributed by atoms with E-state index < -0.39 is 12.6 Å². The Morgan fingerprint density at radius 2 is 1.96 bits per heavy atom. The monoisotopic (exact) mass is 474 g/mol. The molecule has 1 atom stereocenters. The molecule has 1 unspecified atom stereocenters. The van der Waals surface area contributed by atoms with Crippen molar-refractivity contribution in [2.45, 2.75) is 38.4 Å². The lowest BCUT2D eigenvalue weighted by Gasteiger charge is -2.26. The summed E-state index contributed by atoms with van der Waals surface area (Å²) in [6.07, 6.45) is -2.76. The maximum absolute atomic E-state index is 12.2. The average Bonchev–Trinajstić information content (AvgIpc) is 3.16. The van der Waals surface area contributed by atoms with Crippen LogP contribution in [-0.4, -0.2) is 50.3 Å². The van der Waals surface area contributed by atoms with Crippen molar-refractivity contribution < 1.29 is 17.6 Å². The van der Waals surface area contributed by atoms with E-state index in [1.54, 1.807) is 7.05 Å². The van der Waals surface area contributed by atoms with Gasteiger partial charge in [0.05, 0.1) is 12.5 Å². The Balaban J connectivity index is 0.00000312. The Hall–Kier alpha value is -0.970. The van der Waals surface area contributed by atoms with Crippen LogP contribution >= 0.6 is 24.0 Å². The third kappa shape index (κ3) is 7.43. The minimum atomic E-state index is -4.17. The number of rotatable bonds is 6. The van der Waals surface area contributed by atoms with E-state index in [4.69, 9.17) is 4.42 Å². The first-order chi connectivity index (χ1) is 11.4. The summed E-state index contributed by atoms with van der Waals surface area (Å²) < 4.78 is 42.5. The molecule has 2 N–H and O–H groups in total. The van der Waals surface area contributed by atoms with Crippen molar-refractivity contribution >= 4 is 29.9 Å². The summed E-state index contributed by atoms with van der Waals surface area (Å²) in [5.74, 6) is 2.08. The molecule has 1 fully saturated rings. The molecule has 25 heavy (non-hydrogen) atoms. The molecule has 0 amide bonds. The molecule has 2 rings (SSSR count). The third-order valence-corrected chi connectivity index (χ3v) is 4.06. The first kappa shape index (κ1) is 22.1. The number of furan rings is 1. The van der Waals surface area contributed by atoms with Crippen LogP contribution in [0.1, 0.15) is 36.8 Å². The van der Waals surface area contributed by atoms with Crippen LogP contribution in [0, 0.1) is 6.92 Å². The number of nitrogens with one attached hydrogen (secondary N) is 2. The van der Waals surface area contributed by atoms with Gasteiger partial charge in [-0.15, -0.1) is 24.0 Å². The van der Waals surface area contributed by atoms with Crippen molar-refractivity contribution in [2.24, 2.45) is 4.99 Å². The van der Waals surface area contributed by atoms with Gasteiger partial charge < -0.3 is 15.1 Å². The predicted octanol–water partition coefficient (Wildman–Crippen LogP) is 3.46. The largest absolute Gasteiger partial charge is 0.465 e. The Morgan fingerprint density at radius 1 is 1.28 bits per heavy atom. The number of likely N-dealkylation sites (tertiary alicyclic amines) is 1. The van der Waals surface area contributed by atoms with Gasteiger partial charge in [-0.25, -0.2) is 0 Å². The fraction of sp³-hybridized carbons (Fsp3) is 0.688. The molecule has 0 spiro atoms. The zero-order valence-electron chi connectivity index (χ0n) is 14.5. The van der Waals surface area contributed by atoms with E-state index in [2.05, 4.69) is 20.5 Å². The van der Waals surface area contributed by atoms with Gasteiger partial charge in [0, 0.05) is 20.1 Å². The van der Waals surface area contributed by atoms with E-state index in [1.807, 2.05) is 19.1 Å². The van der Waals surface area contributed by atoms with Gasteiger partial charge in [-0.05, 0) is 45.0 Å². The number of nitrogens with zero attached hydrogens (tertiary/aromatic N) is 2. The van der Waals surface area contributed by atoms with Crippen LogP contribution in [0.3, 0.4) is 0 Å². The maximum Gasteiger partial charge on any atom is 0.390 e.